The largest absolute Gasteiger partial charge is 0.383 e. The number of nitrogens with zero attached hydrogens (tertiary/aromatic N) is 5. The van der Waals surface area contributed by atoms with Gasteiger partial charge < -0.3 is 15.4 Å². The van der Waals surface area contributed by atoms with Crippen LogP contribution < -0.4 is 11.1 Å². The molecule has 1 atom stereocenters. The van der Waals surface area contributed by atoms with Crippen molar-refractivity contribution in [1.29, 1.82) is 0 Å². The van der Waals surface area contributed by atoms with Crippen LogP contribution in [-0.2, 0) is 11.8 Å². The molecule has 1 fully saturated rings. The molecule has 2 aromatic carbocycles. The van der Waals surface area contributed by atoms with Gasteiger partial charge in [0, 0.05) is 39.0 Å². The number of aromatic nitrogens is 4. The Morgan fingerprint density at radius 2 is 1.90 bits per heavy atom. The summed E-state index contributed by atoms with van der Waals surface area (Å²) in [4.78, 5) is 13.6. The van der Waals surface area contributed by atoms with Crippen molar-refractivity contribution in [2.45, 2.75) is 19.3 Å². The number of carbonyl (C=O) groups is 1. The molecular formula is C28H33F2N7O2. The lowest BCUT2D eigenvalue weighted by molar-refractivity contribution is 0.160. The number of urea groups is 1. The van der Waals surface area contributed by atoms with Gasteiger partial charge >= 0.3 is 6.03 Å². The van der Waals surface area contributed by atoms with Crippen LogP contribution in [0.5, 0.6) is 0 Å². The second-order valence-corrected chi connectivity index (χ2v) is 9.39. The molecule has 11 heteroatoms. The van der Waals surface area contributed by atoms with E-state index in [9.17, 15) is 13.6 Å². The fourth-order valence-corrected chi connectivity index (χ4v) is 4.59. The molecule has 1 aliphatic rings. The second kappa shape index (κ2) is 12.6. The number of nitrogens with two attached hydrogens (primary N) is 1. The third kappa shape index (κ3) is 6.87. The molecule has 0 saturated carbocycles. The number of likely N-dealkylation sites (tertiary alicyclic amines) is 1. The third-order valence-electron chi connectivity index (χ3n) is 6.62. The highest BCUT2D eigenvalue weighted by molar-refractivity contribution is 5.89. The lowest BCUT2D eigenvalue weighted by Crippen LogP contribution is -2.24. The number of hydrogen-bond acceptors (Lipinski definition) is 5. The molecule has 0 spiro atoms. The summed E-state index contributed by atoms with van der Waals surface area (Å²) >= 11 is 0. The van der Waals surface area contributed by atoms with E-state index >= 15 is 0 Å². The SMILES string of the molecule is COCCN1CCC(c2ccc(F)c(F)c2)C1.Cc1c(-c2ccn(C)n2)nn(-c2ccccc2)c1NC(N)=O. The number of aryl methyl sites for hydroxylation is 1. The predicted octanol–water partition coefficient (Wildman–Crippen LogP) is 4.47. The Morgan fingerprint density at radius 3 is 2.54 bits per heavy atom. The van der Waals surface area contributed by atoms with Crippen molar-refractivity contribution >= 4 is 11.8 Å². The number of carbonyl (C=O) groups excluding carboxylic acids is 1. The van der Waals surface area contributed by atoms with E-state index in [0.717, 1.165) is 48.6 Å². The first kappa shape index (κ1) is 27.9. The van der Waals surface area contributed by atoms with E-state index in [1.165, 1.54) is 12.1 Å². The quantitative estimate of drug-likeness (QED) is 0.362. The zero-order chi connectivity index (χ0) is 27.9. The lowest BCUT2D eigenvalue weighted by Gasteiger charge is -2.15. The Balaban J connectivity index is 0.000000187. The predicted molar refractivity (Wildman–Crippen MR) is 146 cm³/mol. The molecule has 3 N–H and O–H groups in total. The topological polar surface area (TPSA) is 103 Å². The molecule has 1 saturated heterocycles. The van der Waals surface area contributed by atoms with Gasteiger partial charge in [-0.1, -0.05) is 24.3 Å². The van der Waals surface area contributed by atoms with E-state index in [1.54, 1.807) is 22.5 Å². The molecule has 4 aromatic rings. The van der Waals surface area contributed by atoms with E-state index in [2.05, 4.69) is 20.4 Å². The van der Waals surface area contributed by atoms with Crippen molar-refractivity contribution in [3.05, 3.63) is 83.6 Å². The molecular weight excluding hydrogens is 504 g/mol. The number of methoxy groups -OCH3 is 1. The van der Waals surface area contributed by atoms with Crippen molar-refractivity contribution in [3.63, 3.8) is 0 Å². The van der Waals surface area contributed by atoms with Crippen LogP contribution in [0.1, 0.15) is 23.5 Å². The van der Waals surface area contributed by atoms with Crippen LogP contribution in [-0.4, -0.2) is 63.8 Å². The number of halogens is 2. The van der Waals surface area contributed by atoms with Gasteiger partial charge in [-0.3, -0.25) is 10.00 Å². The van der Waals surface area contributed by atoms with Gasteiger partial charge in [0.15, 0.2) is 11.6 Å². The highest BCUT2D eigenvalue weighted by Gasteiger charge is 2.24. The van der Waals surface area contributed by atoms with E-state index in [-0.39, 0.29) is 0 Å². The fourth-order valence-electron chi connectivity index (χ4n) is 4.59. The van der Waals surface area contributed by atoms with Gasteiger partial charge in [-0.15, -0.1) is 0 Å². The maximum absolute atomic E-state index is 13.1. The van der Waals surface area contributed by atoms with Crippen LogP contribution in [0, 0.1) is 18.6 Å². The Morgan fingerprint density at radius 1 is 1.13 bits per heavy atom. The summed E-state index contributed by atoms with van der Waals surface area (Å²) < 4.78 is 34.3. The van der Waals surface area contributed by atoms with Crippen molar-refractivity contribution in [3.8, 4) is 17.1 Å². The zero-order valence-electron chi connectivity index (χ0n) is 22.3. The minimum absolute atomic E-state index is 0.307. The first-order valence-corrected chi connectivity index (χ1v) is 12.6. The number of benzene rings is 2. The van der Waals surface area contributed by atoms with Crippen LogP contribution in [0.15, 0.2) is 60.8 Å². The minimum atomic E-state index is -0.775. The zero-order valence-corrected chi connectivity index (χ0v) is 22.3. The first-order valence-electron chi connectivity index (χ1n) is 12.6. The fraction of sp³-hybridized carbons (Fsp3) is 0.321. The maximum atomic E-state index is 13.1. The highest BCUT2D eigenvalue weighted by Crippen LogP contribution is 2.30. The average molecular weight is 538 g/mol. The summed E-state index contributed by atoms with van der Waals surface area (Å²) in [5.74, 6) is -0.679. The third-order valence-corrected chi connectivity index (χ3v) is 6.62. The van der Waals surface area contributed by atoms with Crippen LogP contribution >= 0.6 is 0 Å². The number of anilines is 1. The molecule has 2 aromatic heterocycles. The average Bonchev–Trinajstić information content (AvgIpc) is 3.65. The summed E-state index contributed by atoms with van der Waals surface area (Å²) in [7, 11) is 3.53. The molecule has 1 aliphatic heterocycles. The lowest BCUT2D eigenvalue weighted by atomic mass is 9.98. The molecule has 5 rings (SSSR count). The number of ether oxygens (including phenoxy) is 1. The summed E-state index contributed by atoms with van der Waals surface area (Å²) in [5, 5.41) is 11.6. The Hall–Kier alpha value is -4.09. The van der Waals surface area contributed by atoms with Crippen LogP contribution in [0.25, 0.3) is 17.1 Å². The normalized spacial score (nSPS) is 15.2. The van der Waals surface area contributed by atoms with Gasteiger partial charge in [-0.25, -0.2) is 18.3 Å². The van der Waals surface area contributed by atoms with Crippen LogP contribution in [0.4, 0.5) is 19.4 Å². The summed E-state index contributed by atoms with van der Waals surface area (Å²) in [6.07, 6.45) is 2.84. The molecule has 39 heavy (non-hydrogen) atoms. The summed E-state index contributed by atoms with van der Waals surface area (Å²) in [5.41, 5.74) is 9.25. The van der Waals surface area contributed by atoms with Gasteiger partial charge in [0.2, 0.25) is 0 Å². The summed E-state index contributed by atoms with van der Waals surface area (Å²) in [6.45, 7) is 5.38. The van der Waals surface area contributed by atoms with Crippen molar-refractivity contribution < 1.29 is 18.3 Å². The molecule has 0 radical (unpaired) electrons. The second-order valence-electron chi connectivity index (χ2n) is 9.39. The number of rotatable bonds is 7. The Bertz CT molecular complexity index is 1400. The molecule has 9 nitrogen and oxygen atoms in total. The van der Waals surface area contributed by atoms with Gasteiger partial charge in [0.25, 0.3) is 0 Å². The van der Waals surface area contributed by atoms with Crippen molar-refractivity contribution in [2.75, 3.05) is 38.7 Å². The first-order chi connectivity index (χ1) is 18.8. The molecule has 2 amide bonds. The Labute approximate surface area is 226 Å². The highest BCUT2D eigenvalue weighted by atomic mass is 19.2. The molecule has 0 aliphatic carbocycles. The monoisotopic (exact) mass is 537 g/mol. The van der Waals surface area contributed by atoms with Crippen molar-refractivity contribution in [1.82, 2.24) is 24.5 Å². The van der Waals surface area contributed by atoms with Gasteiger partial charge in [0.05, 0.1) is 12.3 Å². The molecule has 3 heterocycles. The Kier molecular flexibility index (Phi) is 9.05. The van der Waals surface area contributed by atoms with Crippen molar-refractivity contribution in [2.24, 2.45) is 12.8 Å². The number of amides is 2. The molecule has 0 bridgehead atoms. The van der Waals surface area contributed by atoms with E-state index < -0.39 is 17.7 Å². The van der Waals surface area contributed by atoms with E-state index in [4.69, 9.17) is 10.5 Å². The molecule has 1 unspecified atom stereocenters. The number of para-hydroxylation sites is 1. The smallest absolute Gasteiger partial charge is 0.317 e. The van der Waals surface area contributed by atoms with Gasteiger partial charge in [-0.2, -0.15) is 10.2 Å². The number of hydrogen-bond donors (Lipinski definition) is 2. The van der Waals surface area contributed by atoms with Gasteiger partial charge in [-0.05, 0) is 61.7 Å². The standard InChI is InChI=1S/C15H16N6O.C13H17F2NO/c1-10-13(12-8-9-20(2)18-12)19-21(14(10)17-15(16)22)11-6-4-3-5-7-11;1-17-7-6-16-5-4-11(9-16)10-2-3-12(14)13(15)8-10/h3-9H,1-2H3,(H3,16,17,22);2-3,8,11H,4-7,9H2,1H3. The van der Waals surface area contributed by atoms with E-state index in [1.807, 2.05) is 56.6 Å². The summed E-state index contributed by atoms with van der Waals surface area (Å²) in [6, 6.07) is 15.0. The minimum Gasteiger partial charge on any atom is -0.383 e. The molecule has 206 valence electrons. The number of primary amides is 1. The van der Waals surface area contributed by atoms with E-state index in [0.29, 0.717) is 24.0 Å². The maximum Gasteiger partial charge on any atom is 0.317 e. The van der Waals surface area contributed by atoms with Crippen LogP contribution in [0.2, 0.25) is 0 Å². The number of nitrogens with one attached hydrogen (secondary N) is 1. The van der Waals surface area contributed by atoms with Crippen LogP contribution in [0.3, 0.4) is 0 Å². The van der Waals surface area contributed by atoms with Gasteiger partial charge in [0.1, 0.15) is 17.2 Å².